The Hall–Kier alpha value is 0.160. The van der Waals surface area contributed by atoms with E-state index in [4.69, 9.17) is 4.74 Å². The molecule has 2 fully saturated rings. The molecule has 4 atom stereocenters. The number of ether oxygens (including phenoxy) is 1. The first kappa shape index (κ1) is 7.79. The van der Waals surface area contributed by atoms with Crippen molar-refractivity contribution in [3.05, 3.63) is 0 Å². The molecule has 0 aromatic rings. The predicted molar refractivity (Wildman–Crippen MR) is 46.4 cm³/mol. The van der Waals surface area contributed by atoms with Gasteiger partial charge in [-0.3, -0.25) is 4.79 Å². The van der Waals surface area contributed by atoms with Gasteiger partial charge in [0.2, 0.25) is 0 Å². The number of alkyl halides is 1. The summed E-state index contributed by atoms with van der Waals surface area (Å²) in [4.78, 5) is 11.0. The SMILES string of the molecule is O=C1O[C@H]2[C@@H](O)[C@@H]1CC[C@@H]2I. The smallest absolute Gasteiger partial charge is 0.312 e. The molecule has 2 rings (SSSR count). The van der Waals surface area contributed by atoms with Crippen LogP contribution < -0.4 is 0 Å². The van der Waals surface area contributed by atoms with Crippen LogP contribution in [0.1, 0.15) is 12.8 Å². The molecular weight excluding hydrogens is 259 g/mol. The zero-order valence-corrected chi connectivity index (χ0v) is 8.02. The molecule has 0 unspecified atom stereocenters. The molecule has 1 heterocycles. The van der Waals surface area contributed by atoms with Gasteiger partial charge in [0.25, 0.3) is 0 Å². The second-order valence-corrected chi connectivity index (χ2v) is 4.69. The van der Waals surface area contributed by atoms with Crippen molar-refractivity contribution in [1.82, 2.24) is 0 Å². The van der Waals surface area contributed by atoms with Gasteiger partial charge < -0.3 is 9.84 Å². The standard InChI is InChI=1S/C7H9IO3/c8-4-2-1-3-5(9)6(4)11-7(3)10/h3-6,9H,1-2H2/t3-,4-,5-,6+/m0/s1. The lowest BCUT2D eigenvalue weighted by Gasteiger charge is -2.25. The van der Waals surface area contributed by atoms with Crippen molar-refractivity contribution in [1.29, 1.82) is 0 Å². The Labute approximate surface area is 78.2 Å². The van der Waals surface area contributed by atoms with Gasteiger partial charge in [-0.05, 0) is 12.8 Å². The number of halogens is 1. The minimum atomic E-state index is -0.543. The fourth-order valence-electron chi connectivity index (χ4n) is 1.74. The minimum absolute atomic E-state index is 0.207. The van der Waals surface area contributed by atoms with Crippen LogP contribution >= 0.6 is 22.6 Å². The Balaban J connectivity index is 2.23. The number of aliphatic hydroxyl groups is 1. The van der Waals surface area contributed by atoms with Crippen molar-refractivity contribution in [2.24, 2.45) is 5.92 Å². The van der Waals surface area contributed by atoms with E-state index in [-0.39, 0.29) is 18.0 Å². The molecular formula is C7H9IO3. The molecule has 2 bridgehead atoms. The van der Waals surface area contributed by atoms with Gasteiger partial charge >= 0.3 is 5.97 Å². The van der Waals surface area contributed by atoms with E-state index in [1.807, 2.05) is 0 Å². The van der Waals surface area contributed by atoms with E-state index in [0.717, 1.165) is 12.8 Å². The van der Waals surface area contributed by atoms with Crippen LogP contribution in [-0.4, -0.2) is 27.2 Å². The van der Waals surface area contributed by atoms with Crippen molar-refractivity contribution in [2.45, 2.75) is 29.0 Å². The molecule has 62 valence electrons. The van der Waals surface area contributed by atoms with E-state index in [0.29, 0.717) is 3.92 Å². The topological polar surface area (TPSA) is 46.5 Å². The number of carbonyl (C=O) groups excluding carboxylic acids is 1. The zero-order chi connectivity index (χ0) is 8.01. The molecule has 4 heteroatoms. The number of rotatable bonds is 0. The summed E-state index contributed by atoms with van der Waals surface area (Å²) in [6.45, 7) is 0. The summed E-state index contributed by atoms with van der Waals surface area (Å²) in [5, 5.41) is 9.50. The van der Waals surface area contributed by atoms with Crippen LogP contribution in [0.25, 0.3) is 0 Å². The van der Waals surface area contributed by atoms with E-state index in [1.54, 1.807) is 0 Å². The molecule has 1 aliphatic carbocycles. The molecule has 3 nitrogen and oxygen atoms in total. The van der Waals surface area contributed by atoms with Gasteiger partial charge in [0.1, 0.15) is 12.2 Å². The summed E-state index contributed by atoms with van der Waals surface area (Å²) >= 11 is 2.23. The molecule has 1 saturated heterocycles. The highest BCUT2D eigenvalue weighted by Crippen LogP contribution is 2.38. The van der Waals surface area contributed by atoms with E-state index < -0.39 is 6.10 Å². The summed E-state index contributed by atoms with van der Waals surface area (Å²) in [5.41, 5.74) is 0. The van der Waals surface area contributed by atoms with Crippen molar-refractivity contribution in [3.8, 4) is 0 Å². The highest BCUT2D eigenvalue weighted by Gasteiger charge is 2.49. The average molecular weight is 268 g/mol. The van der Waals surface area contributed by atoms with Crippen LogP contribution in [0.3, 0.4) is 0 Å². The van der Waals surface area contributed by atoms with Crippen LogP contribution in [0.15, 0.2) is 0 Å². The van der Waals surface area contributed by atoms with Crippen molar-refractivity contribution < 1.29 is 14.6 Å². The maximum Gasteiger partial charge on any atom is 0.312 e. The maximum absolute atomic E-state index is 11.0. The quantitative estimate of drug-likeness (QED) is 0.395. The highest BCUT2D eigenvalue weighted by atomic mass is 127. The van der Waals surface area contributed by atoms with Crippen LogP contribution in [0.2, 0.25) is 0 Å². The Morgan fingerprint density at radius 1 is 1.55 bits per heavy atom. The van der Waals surface area contributed by atoms with Crippen LogP contribution in [0.5, 0.6) is 0 Å². The van der Waals surface area contributed by atoms with Gasteiger partial charge in [-0.25, -0.2) is 0 Å². The maximum atomic E-state index is 11.0. The van der Waals surface area contributed by atoms with Crippen LogP contribution in [-0.2, 0) is 9.53 Å². The van der Waals surface area contributed by atoms with Gasteiger partial charge in [-0.15, -0.1) is 0 Å². The molecule has 0 amide bonds. The molecule has 11 heavy (non-hydrogen) atoms. The summed E-state index contributed by atoms with van der Waals surface area (Å²) < 4.78 is 5.31. The molecule has 1 aliphatic heterocycles. The molecule has 1 saturated carbocycles. The lowest BCUT2D eigenvalue weighted by Crippen LogP contribution is -2.38. The zero-order valence-electron chi connectivity index (χ0n) is 5.87. The van der Waals surface area contributed by atoms with E-state index in [9.17, 15) is 9.90 Å². The molecule has 0 spiro atoms. The third-order valence-electron chi connectivity index (χ3n) is 2.41. The first-order valence-corrected chi connectivity index (χ1v) is 4.97. The Morgan fingerprint density at radius 2 is 2.27 bits per heavy atom. The monoisotopic (exact) mass is 268 g/mol. The van der Waals surface area contributed by atoms with E-state index in [1.165, 1.54) is 0 Å². The number of esters is 1. The molecule has 0 aromatic carbocycles. The summed E-state index contributed by atoms with van der Waals surface area (Å²) in [6, 6.07) is 0. The Kier molecular flexibility index (Phi) is 1.83. The third-order valence-corrected chi connectivity index (χ3v) is 3.75. The first-order chi connectivity index (χ1) is 5.20. The summed E-state index contributed by atoms with van der Waals surface area (Å²) in [6.07, 6.45) is 0.989. The van der Waals surface area contributed by atoms with Crippen molar-refractivity contribution in [2.75, 3.05) is 0 Å². The van der Waals surface area contributed by atoms with Gasteiger partial charge in [0.05, 0.1) is 9.84 Å². The minimum Gasteiger partial charge on any atom is -0.458 e. The van der Waals surface area contributed by atoms with Gasteiger partial charge in [-0.2, -0.15) is 0 Å². The molecule has 1 N–H and O–H groups in total. The average Bonchev–Trinajstić information content (AvgIpc) is 2.12. The third kappa shape index (κ3) is 1.07. The second kappa shape index (κ2) is 2.58. The summed E-state index contributed by atoms with van der Waals surface area (Å²) in [7, 11) is 0. The second-order valence-electron chi connectivity index (χ2n) is 3.09. The number of fused-ring (bicyclic) bond motifs is 2. The fraction of sp³-hybridized carbons (Fsp3) is 0.857. The number of carbonyl (C=O) groups is 1. The molecule has 0 radical (unpaired) electrons. The van der Waals surface area contributed by atoms with Crippen LogP contribution in [0, 0.1) is 5.92 Å². The van der Waals surface area contributed by atoms with Crippen molar-refractivity contribution in [3.63, 3.8) is 0 Å². The van der Waals surface area contributed by atoms with Crippen molar-refractivity contribution >= 4 is 28.6 Å². The number of hydrogen-bond acceptors (Lipinski definition) is 3. The number of aliphatic hydroxyl groups excluding tert-OH is 1. The summed E-state index contributed by atoms with van der Waals surface area (Å²) in [5.74, 6) is -0.437. The molecule has 0 aromatic heterocycles. The lowest BCUT2D eigenvalue weighted by atomic mass is 9.87. The Morgan fingerprint density at radius 3 is 2.91 bits per heavy atom. The fourth-order valence-corrected chi connectivity index (χ4v) is 2.67. The highest BCUT2D eigenvalue weighted by molar-refractivity contribution is 14.1. The normalized spacial score (nSPS) is 49.1. The van der Waals surface area contributed by atoms with E-state index in [2.05, 4.69) is 22.6 Å². The van der Waals surface area contributed by atoms with Gasteiger partial charge in [0, 0.05) is 0 Å². The van der Waals surface area contributed by atoms with E-state index >= 15 is 0 Å². The first-order valence-electron chi connectivity index (χ1n) is 3.73. The van der Waals surface area contributed by atoms with Gasteiger partial charge in [-0.1, -0.05) is 22.6 Å². The number of hydrogen-bond donors (Lipinski definition) is 1. The Bertz CT molecular complexity index is 194. The van der Waals surface area contributed by atoms with Gasteiger partial charge in [0.15, 0.2) is 0 Å². The van der Waals surface area contributed by atoms with Crippen LogP contribution in [0.4, 0.5) is 0 Å². The predicted octanol–water partition coefficient (Wildman–Crippen LogP) is 0.486. The largest absolute Gasteiger partial charge is 0.458 e. The molecule has 2 aliphatic rings. The lowest BCUT2D eigenvalue weighted by molar-refractivity contribution is -0.143.